The number of rotatable bonds is 3. The van der Waals surface area contributed by atoms with E-state index in [-0.39, 0.29) is 18.7 Å². The first kappa shape index (κ1) is 12.3. The van der Waals surface area contributed by atoms with Crippen LogP contribution in [-0.4, -0.2) is 25.3 Å². The second-order valence-corrected chi connectivity index (χ2v) is 4.91. The van der Waals surface area contributed by atoms with Gasteiger partial charge in [0.05, 0.1) is 6.04 Å². The average molecular weight is 262 g/mol. The van der Waals surface area contributed by atoms with Crippen molar-refractivity contribution in [2.24, 2.45) is 0 Å². The molecule has 0 saturated carbocycles. The Balaban J connectivity index is 1.60. The zero-order chi connectivity index (χ0) is 13.1. The largest absolute Gasteiger partial charge is 0.454 e. The summed E-state index contributed by atoms with van der Waals surface area (Å²) >= 11 is 0. The SMILES string of the molecule is O=C1NCCCCC1NCc1ccc2c(c1)OCO2. The summed E-state index contributed by atoms with van der Waals surface area (Å²) in [6, 6.07) is 5.78. The van der Waals surface area contributed by atoms with Gasteiger partial charge in [-0.05, 0) is 37.0 Å². The third kappa shape index (κ3) is 2.81. The lowest BCUT2D eigenvalue weighted by Crippen LogP contribution is -2.42. The quantitative estimate of drug-likeness (QED) is 0.858. The highest BCUT2D eigenvalue weighted by Crippen LogP contribution is 2.32. The van der Waals surface area contributed by atoms with E-state index in [1.807, 2.05) is 18.2 Å². The molecule has 0 bridgehead atoms. The van der Waals surface area contributed by atoms with Crippen molar-refractivity contribution in [3.8, 4) is 11.5 Å². The lowest BCUT2D eigenvalue weighted by molar-refractivity contribution is -0.122. The molecule has 1 fully saturated rings. The van der Waals surface area contributed by atoms with Crippen molar-refractivity contribution in [1.82, 2.24) is 10.6 Å². The summed E-state index contributed by atoms with van der Waals surface area (Å²) in [5.74, 6) is 1.68. The van der Waals surface area contributed by atoms with Crippen molar-refractivity contribution in [3.05, 3.63) is 23.8 Å². The van der Waals surface area contributed by atoms with E-state index in [0.29, 0.717) is 6.54 Å². The first-order valence-electron chi connectivity index (χ1n) is 6.72. The molecule has 1 unspecified atom stereocenters. The van der Waals surface area contributed by atoms with Crippen LogP contribution in [0.2, 0.25) is 0 Å². The van der Waals surface area contributed by atoms with Gasteiger partial charge >= 0.3 is 0 Å². The van der Waals surface area contributed by atoms with Gasteiger partial charge in [-0.15, -0.1) is 0 Å². The predicted octanol–water partition coefficient (Wildman–Crippen LogP) is 1.17. The van der Waals surface area contributed by atoms with E-state index in [0.717, 1.165) is 42.9 Å². The van der Waals surface area contributed by atoms with Gasteiger partial charge in [0.15, 0.2) is 11.5 Å². The van der Waals surface area contributed by atoms with E-state index in [2.05, 4.69) is 10.6 Å². The third-order valence-corrected chi connectivity index (χ3v) is 3.52. The van der Waals surface area contributed by atoms with E-state index in [1.165, 1.54) is 0 Å². The van der Waals surface area contributed by atoms with Gasteiger partial charge in [0.2, 0.25) is 12.7 Å². The van der Waals surface area contributed by atoms with Crippen LogP contribution in [0.1, 0.15) is 24.8 Å². The Kier molecular flexibility index (Phi) is 3.55. The van der Waals surface area contributed by atoms with Crippen molar-refractivity contribution < 1.29 is 14.3 Å². The van der Waals surface area contributed by atoms with Gasteiger partial charge in [0.25, 0.3) is 0 Å². The normalized spacial score (nSPS) is 21.9. The fourth-order valence-electron chi connectivity index (χ4n) is 2.43. The van der Waals surface area contributed by atoms with E-state index in [9.17, 15) is 4.79 Å². The van der Waals surface area contributed by atoms with Crippen molar-refractivity contribution in [1.29, 1.82) is 0 Å². The summed E-state index contributed by atoms with van der Waals surface area (Å²) in [5.41, 5.74) is 1.10. The van der Waals surface area contributed by atoms with Gasteiger partial charge in [-0.25, -0.2) is 0 Å². The molecule has 1 aromatic rings. The van der Waals surface area contributed by atoms with Crippen LogP contribution in [-0.2, 0) is 11.3 Å². The van der Waals surface area contributed by atoms with E-state index in [1.54, 1.807) is 0 Å². The fraction of sp³-hybridized carbons (Fsp3) is 0.500. The standard InChI is InChI=1S/C14H18N2O3/c17-14-11(3-1-2-6-15-14)16-8-10-4-5-12-13(7-10)19-9-18-12/h4-5,7,11,16H,1-3,6,8-9H2,(H,15,17). The first-order valence-corrected chi connectivity index (χ1v) is 6.72. The summed E-state index contributed by atoms with van der Waals surface area (Å²) in [4.78, 5) is 11.8. The highest BCUT2D eigenvalue weighted by molar-refractivity contribution is 5.81. The summed E-state index contributed by atoms with van der Waals surface area (Å²) in [5, 5.41) is 6.24. The van der Waals surface area contributed by atoms with Crippen molar-refractivity contribution in [2.75, 3.05) is 13.3 Å². The molecule has 0 aromatic heterocycles. The van der Waals surface area contributed by atoms with E-state index >= 15 is 0 Å². The predicted molar refractivity (Wildman–Crippen MR) is 70.1 cm³/mol. The second-order valence-electron chi connectivity index (χ2n) is 4.91. The van der Waals surface area contributed by atoms with Crippen LogP contribution in [0.15, 0.2) is 18.2 Å². The maximum absolute atomic E-state index is 11.8. The van der Waals surface area contributed by atoms with Gasteiger partial charge in [-0.1, -0.05) is 6.07 Å². The molecule has 2 aliphatic heterocycles. The maximum atomic E-state index is 11.8. The number of ether oxygens (including phenoxy) is 2. The zero-order valence-electron chi connectivity index (χ0n) is 10.8. The summed E-state index contributed by atoms with van der Waals surface area (Å²) in [6.07, 6.45) is 3.04. The lowest BCUT2D eigenvalue weighted by atomic mass is 10.1. The molecule has 1 aromatic carbocycles. The number of benzene rings is 1. The molecule has 1 amide bonds. The Labute approximate surface area is 112 Å². The number of carbonyl (C=O) groups is 1. The Hall–Kier alpha value is -1.75. The fourth-order valence-corrected chi connectivity index (χ4v) is 2.43. The molecule has 5 nitrogen and oxygen atoms in total. The molecule has 3 rings (SSSR count). The molecule has 2 aliphatic rings. The van der Waals surface area contributed by atoms with Gasteiger partial charge in [-0.3, -0.25) is 4.79 Å². The van der Waals surface area contributed by atoms with Crippen LogP contribution in [0.4, 0.5) is 0 Å². The van der Waals surface area contributed by atoms with Crippen LogP contribution in [0.5, 0.6) is 11.5 Å². The molecule has 2 heterocycles. The minimum Gasteiger partial charge on any atom is -0.454 e. The molecule has 0 aliphatic carbocycles. The Morgan fingerprint density at radius 2 is 2.16 bits per heavy atom. The van der Waals surface area contributed by atoms with Crippen LogP contribution in [0, 0.1) is 0 Å². The third-order valence-electron chi connectivity index (χ3n) is 3.52. The maximum Gasteiger partial charge on any atom is 0.237 e. The molecule has 1 saturated heterocycles. The Morgan fingerprint density at radius 3 is 3.11 bits per heavy atom. The van der Waals surface area contributed by atoms with Crippen LogP contribution < -0.4 is 20.1 Å². The number of amides is 1. The average Bonchev–Trinajstić information content (AvgIpc) is 2.79. The Morgan fingerprint density at radius 1 is 1.26 bits per heavy atom. The van der Waals surface area contributed by atoms with Crippen molar-refractivity contribution >= 4 is 5.91 Å². The number of fused-ring (bicyclic) bond motifs is 1. The molecular formula is C14H18N2O3. The molecular weight excluding hydrogens is 244 g/mol. The number of hydrogen-bond acceptors (Lipinski definition) is 4. The van der Waals surface area contributed by atoms with E-state index in [4.69, 9.17) is 9.47 Å². The highest BCUT2D eigenvalue weighted by atomic mass is 16.7. The smallest absolute Gasteiger partial charge is 0.237 e. The van der Waals surface area contributed by atoms with Gasteiger partial charge in [0.1, 0.15) is 0 Å². The molecule has 102 valence electrons. The number of carbonyl (C=O) groups excluding carboxylic acids is 1. The van der Waals surface area contributed by atoms with Gasteiger partial charge in [-0.2, -0.15) is 0 Å². The summed E-state index contributed by atoms with van der Waals surface area (Å²) in [7, 11) is 0. The highest BCUT2D eigenvalue weighted by Gasteiger charge is 2.20. The minimum absolute atomic E-state index is 0.0899. The zero-order valence-corrected chi connectivity index (χ0v) is 10.8. The van der Waals surface area contributed by atoms with Crippen molar-refractivity contribution in [3.63, 3.8) is 0 Å². The minimum atomic E-state index is -0.0899. The molecule has 5 heteroatoms. The molecule has 2 N–H and O–H groups in total. The lowest BCUT2D eigenvalue weighted by Gasteiger charge is -2.15. The van der Waals surface area contributed by atoms with Gasteiger partial charge in [0, 0.05) is 13.1 Å². The monoisotopic (exact) mass is 262 g/mol. The van der Waals surface area contributed by atoms with E-state index < -0.39 is 0 Å². The number of hydrogen-bond donors (Lipinski definition) is 2. The van der Waals surface area contributed by atoms with Crippen LogP contribution in [0.25, 0.3) is 0 Å². The molecule has 19 heavy (non-hydrogen) atoms. The Bertz CT molecular complexity index is 476. The summed E-state index contributed by atoms with van der Waals surface area (Å²) in [6.45, 7) is 1.74. The second kappa shape index (κ2) is 5.48. The van der Waals surface area contributed by atoms with Gasteiger partial charge < -0.3 is 20.1 Å². The topological polar surface area (TPSA) is 59.6 Å². The van der Waals surface area contributed by atoms with Crippen LogP contribution in [0.3, 0.4) is 0 Å². The number of nitrogens with one attached hydrogen (secondary N) is 2. The molecule has 1 atom stereocenters. The molecule has 0 radical (unpaired) electrons. The van der Waals surface area contributed by atoms with Crippen molar-refractivity contribution in [2.45, 2.75) is 31.8 Å². The first-order chi connectivity index (χ1) is 9.33. The van der Waals surface area contributed by atoms with Crippen LogP contribution >= 0.6 is 0 Å². The summed E-state index contributed by atoms with van der Waals surface area (Å²) < 4.78 is 10.6. The molecule has 0 spiro atoms.